The van der Waals surface area contributed by atoms with Gasteiger partial charge in [0, 0.05) is 11.6 Å². The lowest BCUT2D eigenvalue weighted by molar-refractivity contribution is -0.159. The minimum Gasteiger partial charge on any atom is -0.488 e. The first kappa shape index (κ1) is 17.6. The fraction of sp³-hybridized carbons (Fsp3) is 0.250. The van der Waals surface area contributed by atoms with E-state index in [1.165, 1.54) is 29.1 Å². The van der Waals surface area contributed by atoms with Gasteiger partial charge in [0.2, 0.25) is 5.82 Å². The molecule has 7 nitrogen and oxygen atoms in total. The smallest absolute Gasteiger partial charge is 0.471 e. The lowest BCUT2D eigenvalue weighted by atomic mass is 10.1. The fourth-order valence-corrected chi connectivity index (χ4v) is 2.20. The third kappa shape index (κ3) is 3.73. The molecular formula is C16H13F3N4O3. The van der Waals surface area contributed by atoms with Crippen molar-refractivity contribution in [3.8, 4) is 17.1 Å². The second kappa shape index (κ2) is 6.98. The van der Waals surface area contributed by atoms with Gasteiger partial charge in [0.15, 0.2) is 5.75 Å². The monoisotopic (exact) mass is 366 g/mol. The van der Waals surface area contributed by atoms with Crippen molar-refractivity contribution >= 4 is 0 Å². The highest BCUT2D eigenvalue weighted by Crippen LogP contribution is 2.29. The van der Waals surface area contributed by atoms with Crippen molar-refractivity contribution in [3.05, 3.63) is 58.3 Å². The highest BCUT2D eigenvalue weighted by atomic mass is 19.4. The molecular weight excluding hydrogens is 353 g/mol. The standard InChI is InChI=1S/C16H13F3N4O3/c1-2-25-12-7-8-20-23(14(12)24)9-10-3-5-11(6-4-10)13-21-15(26-22-13)16(17,18)19/h3-8H,2,9H2,1H3. The molecule has 0 radical (unpaired) electrons. The van der Waals surface area contributed by atoms with Gasteiger partial charge in [-0.05, 0) is 12.5 Å². The maximum absolute atomic E-state index is 12.5. The first-order valence-electron chi connectivity index (χ1n) is 7.57. The van der Waals surface area contributed by atoms with Gasteiger partial charge < -0.3 is 9.26 Å². The maximum atomic E-state index is 12.5. The Hall–Kier alpha value is -3.17. The second-order valence-corrected chi connectivity index (χ2v) is 5.21. The SMILES string of the molecule is CCOc1ccnn(Cc2ccc(-c3noc(C(F)(F)F)n3)cc2)c1=O. The number of halogens is 3. The van der Waals surface area contributed by atoms with Crippen LogP contribution in [-0.2, 0) is 12.7 Å². The topological polar surface area (TPSA) is 83.0 Å². The number of rotatable bonds is 5. The molecule has 0 N–H and O–H groups in total. The summed E-state index contributed by atoms with van der Waals surface area (Å²) in [7, 11) is 0. The summed E-state index contributed by atoms with van der Waals surface area (Å²) in [6, 6.07) is 7.84. The molecule has 0 unspecified atom stereocenters. The summed E-state index contributed by atoms with van der Waals surface area (Å²) in [5, 5.41) is 7.31. The Bertz CT molecular complexity index is 948. The summed E-state index contributed by atoms with van der Waals surface area (Å²) in [4.78, 5) is 15.5. The van der Waals surface area contributed by atoms with E-state index in [1.807, 2.05) is 0 Å². The van der Waals surface area contributed by atoms with Crippen molar-refractivity contribution in [1.82, 2.24) is 19.9 Å². The zero-order valence-corrected chi connectivity index (χ0v) is 13.5. The predicted molar refractivity (Wildman–Crippen MR) is 83.5 cm³/mol. The third-order valence-electron chi connectivity index (χ3n) is 3.39. The molecule has 2 heterocycles. The molecule has 0 saturated heterocycles. The molecule has 2 aromatic heterocycles. The Morgan fingerprint density at radius 1 is 1.19 bits per heavy atom. The van der Waals surface area contributed by atoms with Crippen LogP contribution in [0.1, 0.15) is 18.4 Å². The Morgan fingerprint density at radius 3 is 2.54 bits per heavy atom. The Labute approximate surface area is 145 Å². The van der Waals surface area contributed by atoms with E-state index in [2.05, 4.69) is 19.8 Å². The summed E-state index contributed by atoms with van der Waals surface area (Å²) in [6.45, 7) is 2.31. The lowest BCUT2D eigenvalue weighted by Gasteiger charge is -2.07. The van der Waals surface area contributed by atoms with Gasteiger partial charge in [-0.25, -0.2) is 4.68 Å². The first-order valence-corrected chi connectivity index (χ1v) is 7.57. The van der Waals surface area contributed by atoms with Crippen molar-refractivity contribution in [2.45, 2.75) is 19.6 Å². The molecule has 0 aliphatic heterocycles. The molecule has 0 aliphatic rings. The van der Waals surface area contributed by atoms with Gasteiger partial charge in [-0.3, -0.25) is 4.79 Å². The van der Waals surface area contributed by atoms with Crippen molar-refractivity contribution in [3.63, 3.8) is 0 Å². The number of hydrogen-bond donors (Lipinski definition) is 0. The molecule has 0 aliphatic carbocycles. The molecule has 1 aromatic carbocycles. The molecule has 0 amide bonds. The van der Waals surface area contributed by atoms with Crippen LogP contribution >= 0.6 is 0 Å². The minimum absolute atomic E-state index is 0.169. The number of alkyl halides is 3. The van der Waals surface area contributed by atoms with Crippen LogP contribution in [-0.4, -0.2) is 26.5 Å². The van der Waals surface area contributed by atoms with Crippen molar-refractivity contribution < 1.29 is 22.4 Å². The average Bonchev–Trinajstić information content (AvgIpc) is 3.10. The second-order valence-electron chi connectivity index (χ2n) is 5.21. The third-order valence-corrected chi connectivity index (χ3v) is 3.39. The zero-order chi connectivity index (χ0) is 18.7. The molecule has 0 spiro atoms. The van der Waals surface area contributed by atoms with E-state index < -0.39 is 12.1 Å². The van der Waals surface area contributed by atoms with Gasteiger partial charge in [-0.15, -0.1) is 0 Å². The van der Waals surface area contributed by atoms with Crippen molar-refractivity contribution in [2.24, 2.45) is 0 Å². The van der Waals surface area contributed by atoms with Crippen LogP contribution in [0.2, 0.25) is 0 Å². The van der Waals surface area contributed by atoms with Gasteiger partial charge in [-0.2, -0.15) is 23.3 Å². The summed E-state index contributed by atoms with van der Waals surface area (Å²) < 4.78 is 48.2. The fourth-order valence-electron chi connectivity index (χ4n) is 2.20. The van der Waals surface area contributed by atoms with Crippen LogP contribution in [0.3, 0.4) is 0 Å². The molecule has 0 fully saturated rings. The quantitative estimate of drug-likeness (QED) is 0.691. The van der Waals surface area contributed by atoms with E-state index in [0.29, 0.717) is 12.2 Å². The van der Waals surface area contributed by atoms with E-state index in [9.17, 15) is 18.0 Å². The molecule has 0 saturated carbocycles. The Morgan fingerprint density at radius 2 is 1.92 bits per heavy atom. The summed E-state index contributed by atoms with van der Waals surface area (Å²) in [5.74, 6) is -1.37. The van der Waals surface area contributed by atoms with Gasteiger partial charge in [0.05, 0.1) is 19.3 Å². The normalized spacial score (nSPS) is 11.5. The van der Waals surface area contributed by atoms with Gasteiger partial charge >= 0.3 is 17.6 Å². The molecule has 10 heteroatoms. The first-order chi connectivity index (χ1) is 12.4. The summed E-state index contributed by atoms with van der Waals surface area (Å²) in [6.07, 6.45) is -3.23. The summed E-state index contributed by atoms with van der Waals surface area (Å²) in [5.41, 5.74) is 0.708. The Balaban J connectivity index is 1.79. The van der Waals surface area contributed by atoms with Crippen LogP contribution in [0.25, 0.3) is 11.4 Å². The number of ether oxygens (including phenoxy) is 1. The molecule has 0 bridgehead atoms. The van der Waals surface area contributed by atoms with E-state index in [4.69, 9.17) is 4.74 Å². The molecule has 3 aromatic rings. The highest BCUT2D eigenvalue weighted by Gasteiger charge is 2.38. The Kier molecular flexibility index (Phi) is 4.74. The molecule has 3 rings (SSSR count). The lowest BCUT2D eigenvalue weighted by Crippen LogP contribution is -2.24. The molecule has 136 valence electrons. The van der Waals surface area contributed by atoms with E-state index >= 15 is 0 Å². The molecule has 0 atom stereocenters. The van der Waals surface area contributed by atoms with Gasteiger partial charge in [0.1, 0.15) is 0 Å². The van der Waals surface area contributed by atoms with Crippen molar-refractivity contribution in [2.75, 3.05) is 6.61 Å². The predicted octanol–water partition coefficient (Wildman–Crippen LogP) is 2.76. The zero-order valence-electron chi connectivity index (χ0n) is 13.5. The number of benzene rings is 1. The van der Waals surface area contributed by atoms with Crippen LogP contribution < -0.4 is 10.3 Å². The minimum atomic E-state index is -4.69. The van der Waals surface area contributed by atoms with Crippen LogP contribution in [0, 0.1) is 0 Å². The van der Waals surface area contributed by atoms with E-state index in [-0.39, 0.29) is 23.7 Å². The maximum Gasteiger partial charge on any atom is 0.471 e. The van der Waals surface area contributed by atoms with E-state index in [1.54, 1.807) is 19.1 Å². The number of nitrogens with zero attached hydrogens (tertiary/aromatic N) is 4. The van der Waals surface area contributed by atoms with Gasteiger partial charge in [0.25, 0.3) is 0 Å². The van der Waals surface area contributed by atoms with Crippen LogP contribution in [0.4, 0.5) is 13.2 Å². The average molecular weight is 366 g/mol. The highest BCUT2D eigenvalue weighted by molar-refractivity contribution is 5.54. The number of hydrogen-bond acceptors (Lipinski definition) is 6. The van der Waals surface area contributed by atoms with Crippen molar-refractivity contribution in [1.29, 1.82) is 0 Å². The van der Waals surface area contributed by atoms with Crippen LogP contribution in [0.5, 0.6) is 5.75 Å². The summed E-state index contributed by atoms with van der Waals surface area (Å²) >= 11 is 0. The van der Waals surface area contributed by atoms with Gasteiger partial charge in [-0.1, -0.05) is 29.4 Å². The molecule has 26 heavy (non-hydrogen) atoms. The largest absolute Gasteiger partial charge is 0.488 e. The van der Waals surface area contributed by atoms with E-state index in [0.717, 1.165) is 5.56 Å². The number of aromatic nitrogens is 4. The van der Waals surface area contributed by atoms with Crippen LogP contribution in [0.15, 0.2) is 45.8 Å².